The molecule has 1 fully saturated rings. The largest absolute Gasteiger partial charge is 0.497 e. The zero-order chi connectivity index (χ0) is 18.0. The van der Waals surface area contributed by atoms with Crippen molar-refractivity contribution < 1.29 is 9.84 Å². The minimum atomic E-state index is -0.647. The van der Waals surface area contributed by atoms with Crippen molar-refractivity contribution in [2.24, 2.45) is 10.4 Å². The molecule has 0 spiro atoms. The Labute approximate surface area is 145 Å². The summed E-state index contributed by atoms with van der Waals surface area (Å²) in [6.45, 7) is 13.2. The minimum Gasteiger partial charge on any atom is -0.497 e. The number of likely N-dealkylation sites (tertiary alicyclic amines) is 1. The highest BCUT2D eigenvalue weighted by Gasteiger charge is 2.53. The van der Waals surface area contributed by atoms with Gasteiger partial charge in [-0.3, -0.25) is 4.99 Å². The van der Waals surface area contributed by atoms with Crippen molar-refractivity contribution in [3.63, 3.8) is 0 Å². The van der Waals surface area contributed by atoms with Gasteiger partial charge < -0.3 is 20.1 Å². The van der Waals surface area contributed by atoms with E-state index in [1.165, 1.54) is 0 Å². The number of ether oxygens (including phenoxy) is 1. The van der Waals surface area contributed by atoms with Gasteiger partial charge in [-0.1, -0.05) is 26.0 Å². The summed E-state index contributed by atoms with van der Waals surface area (Å²) in [5.74, 6) is 1.61. The third kappa shape index (κ3) is 3.51. The van der Waals surface area contributed by atoms with E-state index < -0.39 is 6.10 Å². The molecule has 0 saturated carbocycles. The van der Waals surface area contributed by atoms with Crippen molar-refractivity contribution in [1.82, 2.24) is 10.2 Å². The number of aliphatic hydroxyl groups is 1. The van der Waals surface area contributed by atoms with E-state index in [4.69, 9.17) is 4.74 Å². The van der Waals surface area contributed by atoms with Crippen LogP contribution >= 0.6 is 0 Å². The lowest BCUT2D eigenvalue weighted by Gasteiger charge is -2.62. The monoisotopic (exact) mass is 333 g/mol. The quantitative estimate of drug-likeness (QED) is 0.643. The van der Waals surface area contributed by atoms with Crippen molar-refractivity contribution in [2.45, 2.75) is 46.3 Å². The highest BCUT2D eigenvalue weighted by atomic mass is 16.5. The van der Waals surface area contributed by atoms with Gasteiger partial charge in [0.15, 0.2) is 5.96 Å². The minimum absolute atomic E-state index is 0.0366. The average molecular weight is 333 g/mol. The van der Waals surface area contributed by atoms with Gasteiger partial charge in [0.1, 0.15) is 5.75 Å². The van der Waals surface area contributed by atoms with Crippen molar-refractivity contribution in [3.8, 4) is 5.75 Å². The standard InChI is InChI=1S/C19H31N3O2/c1-7-20-17(22-13-18(2,3)19(22,4)5)21-12-16(23)14-9-8-10-15(11-14)24-6/h8-11,16,23H,7,12-13H2,1-6H3,(H,20,21). The fourth-order valence-corrected chi connectivity index (χ4v) is 2.92. The van der Waals surface area contributed by atoms with E-state index in [1.54, 1.807) is 7.11 Å². The van der Waals surface area contributed by atoms with E-state index in [1.807, 2.05) is 24.3 Å². The van der Waals surface area contributed by atoms with Gasteiger partial charge in [0.05, 0.1) is 19.8 Å². The van der Waals surface area contributed by atoms with Gasteiger partial charge in [-0.05, 0) is 38.5 Å². The van der Waals surface area contributed by atoms with Crippen molar-refractivity contribution in [1.29, 1.82) is 0 Å². The number of guanidine groups is 1. The number of hydrogen-bond donors (Lipinski definition) is 2. The lowest BCUT2D eigenvalue weighted by Crippen LogP contribution is -2.72. The molecule has 1 aromatic rings. The summed E-state index contributed by atoms with van der Waals surface area (Å²) in [6, 6.07) is 7.50. The molecule has 1 saturated heterocycles. The van der Waals surface area contributed by atoms with Crippen LogP contribution in [-0.2, 0) is 0 Å². The molecule has 0 bridgehead atoms. The average Bonchev–Trinajstić information content (AvgIpc) is 2.56. The van der Waals surface area contributed by atoms with Crippen LogP contribution in [0.15, 0.2) is 29.3 Å². The van der Waals surface area contributed by atoms with Gasteiger partial charge >= 0.3 is 0 Å². The first kappa shape index (κ1) is 18.6. The van der Waals surface area contributed by atoms with Gasteiger partial charge in [-0.25, -0.2) is 0 Å². The predicted octanol–water partition coefficient (Wildman–Crippen LogP) is 2.81. The van der Waals surface area contributed by atoms with E-state index in [9.17, 15) is 5.11 Å². The fraction of sp³-hybridized carbons (Fsp3) is 0.632. The Balaban J connectivity index is 2.11. The van der Waals surface area contributed by atoms with Crippen LogP contribution in [0.2, 0.25) is 0 Å². The zero-order valence-corrected chi connectivity index (χ0v) is 15.8. The molecule has 1 atom stereocenters. The van der Waals surface area contributed by atoms with E-state index in [0.29, 0.717) is 6.54 Å². The van der Waals surface area contributed by atoms with Crippen LogP contribution in [0.4, 0.5) is 0 Å². The van der Waals surface area contributed by atoms with E-state index in [2.05, 4.69) is 49.8 Å². The molecule has 0 amide bonds. The maximum atomic E-state index is 10.5. The van der Waals surface area contributed by atoms with Crippen LogP contribution < -0.4 is 10.1 Å². The van der Waals surface area contributed by atoms with Crippen LogP contribution in [0.3, 0.4) is 0 Å². The van der Waals surface area contributed by atoms with E-state index in [-0.39, 0.29) is 11.0 Å². The summed E-state index contributed by atoms with van der Waals surface area (Å²) in [4.78, 5) is 6.96. The highest BCUT2D eigenvalue weighted by molar-refractivity contribution is 5.82. The van der Waals surface area contributed by atoms with Crippen LogP contribution in [0.1, 0.15) is 46.3 Å². The molecular formula is C19H31N3O2. The molecule has 0 radical (unpaired) electrons. The number of nitrogens with zero attached hydrogens (tertiary/aromatic N) is 2. The van der Waals surface area contributed by atoms with Crippen LogP contribution in [0, 0.1) is 5.41 Å². The molecule has 2 N–H and O–H groups in total. The molecular weight excluding hydrogens is 302 g/mol. The molecule has 1 aromatic carbocycles. The molecule has 0 aliphatic carbocycles. The molecule has 2 rings (SSSR count). The maximum Gasteiger partial charge on any atom is 0.194 e. The molecule has 5 nitrogen and oxygen atoms in total. The molecule has 0 aromatic heterocycles. The molecule has 24 heavy (non-hydrogen) atoms. The second kappa shape index (κ2) is 7.01. The van der Waals surface area contributed by atoms with Gasteiger partial charge in [0.25, 0.3) is 0 Å². The van der Waals surface area contributed by atoms with E-state index >= 15 is 0 Å². The van der Waals surface area contributed by atoms with Crippen LogP contribution in [0.25, 0.3) is 0 Å². The Morgan fingerprint density at radius 2 is 2.08 bits per heavy atom. The van der Waals surface area contributed by atoms with Crippen molar-refractivity contribution in [3.05, 3.63) is 29.8 Å². The molecule has 5 heteroatoms. The number of methoxy groups -OCH3 is 1. The second-order valence-corrected chi connectivity index (χ2v) is 7.52. The Hall–Kier alpha value is -1.75. The normalized spacial score (nSPS) is 20.3. The zero-order valence-electron chi connectivity index (χ0n) is 15.8. The number of rotatable bonds is 5. The van der Waals surface area contributed by atoms with Gasteiger partial charge in [-0.15, -0.1) is 0 Å². The fourth-order valence-electron chi connectivity index (χ4n) is 2.92. The number of hydrogen-bond acceptors (Lipinski definition) is 3. The van der Waals surface area contributed by atoms with Gasteiger partial charge in [-0.2, -0.15) is 0 Å². The summed E-state index contributed by atoms with van der Waals surface area (Å²) in [5, 5.41) is 13.8. The van der Waals surface area contributed by atoms with Crippen molar-refractivity contribution >= 4 is 5.96 Å². The van der Waals surface area contributed by atoms with Gasteiger partial charge in [0, 0.05) is 24.0 Å². The number of aliphatic hydroxyl groups excluding tert-OH is 1. The number of benzene rings is 1. The smallest absolute Gasteiger partial charge is 0.194 e. The van der Waals surface area contributed by atoms with Crippen molar-refractivity contribution in [2.75, 3.05) is 26.7 Å². The number of nitrogens with one attached hydrogen (secondary N) is 1. The third-order valence-electron chi connectivity index (χ3n) is 5.37. The Morgan fingerprint density at radius 1 is 1.38 bits per heavy atom. The Morgan fingerprint density at radius 3 is 2.62 bits per heavy atom. The van der Waals surface area contributed by atoms with Crippen LogP contribution in [0.5, 0.6) is 5.75 Å². The molecule has 1 aliphatic heterocycles. The second-order valence-electron chi connectivity index (χ2n) is 7.52. The predicted molar refractivity (Wildman–Crippen MR) is 98.5 cm³/mol. The molecule has 1 aliphatic rings. The maximum absolute atomic E-state index is 10.5. The third-order valence-corrected chi connectivity index (χ3v) is 5.37. The summed E-state index contributed by atoms with van der Waals surface area (Å²) in [7, 11) is 1.63. The SMILES string of the molecule is CCNC(=NCC(O)c1cccc(OC)c1)N1CC(C)(C)C1(C)C. The molecule has 1 unspecified atom stereocenters. The van der Waals surface area contributed by atoms with Gasteiger partial charge in [0.2, 0.25) is 0 Å². The highest BCUT2D eigenvalue weighted by Crippen LogP contribution is 2.46. The molecule has 1 heterocycles. The summed E-state index contributed by atoms with van der Waals surface area (Å²) >= 11 is 0. The lowest BCUT2D eigenvalue weighted by atomic mass is 9.65. The van der Waals surface area contributed by atoms with Crippen LogP contribution in [-0.4, -0.2) is 48.2 Å². The first-order valence-electron chi connectivity index (χ1n) is 8.61. The summed E-state index contributed by atoms with van der Waals surface area (Å²) in [6.07, 6.45) is -0.647. The number of aliphatic imine (C=N–C) groups is 1. The molecule has 134 valence electrons. The van der Waals surface area contributed by atoms with E-state index in [0.717, 1.165) is 30.4 Å². The summed E-state index contributed by atoms with van der Waals surface area (Å²) < 4.78 is 5.22. The summed E-state index contributed by atoms with van der Waals surface area (Å²) in [5.41, 5.74) is 1.10. The lowest BCUT2D eigenvalue weighted by molar-refractivity contribution is -0.0668. The Bertz CT molecular complexity index is 596. The Kier molecular flexibility index (Phi) is 5.43. The first-order chi connectivity index (χ1) is 11.2. The topological polar surface area (TPSA) is 57.1 Å². The first-order valence-corrected chi connectivity index (χ1v) is 8.61.